The molecule has 4 aromatic rings. The minimum Gasteiger partial charge on any atom is -0.497 e. The van der Waals surface area contributed by atoms with Gasteiger partial charge in [-0.05, 0) is 38.0 Å². The highest BCUT2D eigenvalue weighted by Gasteiger charge is 2.15. The van der Waals surface area contributed by atoms with Gasteiger partial charge in [0.05, 0.1) is 37.4 Å². The first-order chi connectivity index (χ1) is 14.5. The Balaban J connectivity index is 1.52. The third-order valence-corrected chi connectivity index (χ3v) is 5.12. The molecule has 0 aliphatic heterocycles. The number of hydrogen-bond donors (Lipinski definition) is 1. The van der Waals surface area contributed by atoms with Crippen molar-refractivity contribution in [3.63, 3.8) is 0 Å². The standard InChI is InChI=1S/C21H23N5O4/c1-14-19(15(2)30-23-14)12-25-11-17(10-22-25)26-20(27)13-24(21(26)28)9-8-16-4-6-18(29-3)7-5-16/h4-7,10-11,13,27H,8-9,12H2,1-3H3. The second-order valence-corrected chi connectivity index (χ2v) is 7.10. The maximum Gasteiger partial charge on any atom is 0.335 e. The van der Waals surface area contributed by atoms with E-state index in [2.05, 4.69) is 10.3 Å². The van der Waals surface area contributed by atoms with Gasteiger partial charge in [-0.3, -0.25) is 9.25 Å². The lowest BCUT2D eigenvalue weighted by Gasteiger charge is -2.04. The molecule has 0 spiro atoms. The van der Waals surface area contributed by atoms with Crippen molar-refractivity contribution in [1.82, 2.24) is 24.1 Å². The van der Waals surface area contributed by atoms with Crippen molar-refractivity contribution < 1.29 is 14.4 Å². The zero-order valence-corrected chi connectivity index (χ0v) is 17.1. The highest BCUT2D eigenvalue weighted by atomic mass is 16.5. The number of benzene rings is 1. The summed E-state index contributed by atoms with van der Waals surface area (Å²) in [6, 6.07) is 7.68. The van der Waals surface area contributed by atoms with Crippen molar-refractivity contribution in [2.45, 2.75) is 33.4 Å². The number of aromatic hydroxyl groups is 1. The molecule has 0 aliphatic carbocycles. The second kappa shape index (κ2) is 7.94. The van der Waals surface area contributed by atoms with Gasteiger partial charge in [0.1, 0.15) is 11.5 Å². The lowest BCUT2D eigenvalue weighted by atomic mass is 10.1. The van der Waals surface area contributed by atoms with Gasteiger partial charge >= 0.3 is 5.69 Å². The van der Waals surface area contributed by atoms with E-state index in [1.54, 1.807) is 24.2 Å². The Morgan fingerprint density at radius 2 is 1.93 bits per heavy atom. The average Bonchev–Trinajstić information content (AvgIpc) is 3.41. The number of hydrogen-bond acceptors (Lipinski definition) is 6. The van der Waals surface area contributed by atoms with Crippen molar-refractivity contribution in [2.24, 2.45) is 0 Å². The molecule has 0 saturated carbocycles. The molecule has 9 nitrogen and oxygen atoms in total. The first-order valence-corrected chi connectivity index (χ1v) is 9.55. The highest BCUT2D eigenvalue weighted by Crippen LogP contribution is 2.18. The average molecular weight is 409 g/mol. The van der Waals surface area contributed by atoms with Crippen LogP contribution >= 0.6 is 0 Å². The molecule has 30 heavy (non-hydrogen) atoms. The van der Waals surface area contributed by atoms with Crippen LogP contribution in [0.3, 0.4) is 0 Å². The monoisotopic (exact) mass is 409 g/mol. The fraction of sp³-hybridized carbons (Fsp3) is 0.286. The molecule has 0 amide bonds. The Morgan fingerprint density at radius 3 is 2.60 bits per heavy atom. The van der Waals surface area contributed by atoms with E-state index in [-0.39, 0.29) is 11.6 Å². The summed E-state index contributed by atoms with van der Waals surface area (Å²) in [5, 5.41) is 18.6. The first-order valence-electron chi connectivity index (χ1n) is 9.55. The number of imidazole rings is 1. The summed E-state index contributed by atoms with van der Waals surface area (Å²) in [5.74, 6) is 1.38. The van der Waals surface area contributed by atoms with Crippen LogP contribution in [0, 0.1) is 13.8 Å². The lowest BCUT2D eigenvalue weighted by molar-refractivity contribution is 0.391. The Bertz CT molecular complexity index is 1190. The van der Waals surface area contributed by atoms with E-state index < -0.39 is 0 Å². The molecule has 0 saturated heterocycles. The maximum absolute atomic E-state index is 12.8. The smallest absolute Gasteiger partial charge is 0.335 e. The molecular weight excluding hydrogens is 386 g/mol. The molecule has 0 aliphatic rings. The minimum atomic E-state index is -0.321. The molecule has 1 aromatic carbocycles. The van der Waals surface area contributed by atoms with E-state index in [0.717, 1.165) is 28.3 Å². The van der Waals surface area contributed by atoms with Crippen LogP contribution in [0.1, 0.15) is 22.6 Å². The van der Waals surface area contributed by atoms with Gasteiger partial charge in [-0.2, -0.15) is 5.10 Å². The van der Waals surface area contributed by atoms with E-state index in [4.69, 9.17) is 9.26 Å². The summed E-state index contributed by atoms with van der Waals surface area (Å²) in [5.41, 5.74) is 2.99. The molecule has 4 rings (SSSR count). The predicted molar refractivity (Wildman–Crippen MR) is 109 cm³/mol. The van der Waals surface area contributed by atoms with E-state index in [1.165, 1.54) is 15.3 Å². The molecule has 0 atom stereocenters. The van der Waals surface area contributed by atoms with Gasteiger partial charge in [0, 0.05) is 18.3 Å². The van der Waals surface area contributed by atoms with Crippen LogP contribution in [0.2, 0.25) is 0 Å². The van der Waals surface area contributed by atoms with Crippen molar-refractivity contribution in [1.29, 1.82) is 0 Å². The van der Waals surface area contributed by atoms with Gasteiger partial charge < -0.3 is 14.4 Å². The van der Waals surface area contributed by atoms with E-state index in [1.807, 2.05) is 38.1 Å². The Kier molecular flexibility index (Phi) is 5.18. The fourth-order valence-corrected chi connectivity index (χ4v) is 3.37. The Morgan fingerprint density at radius 1 is 1.17 bits per heavy atom. The summed E-state index contributed by atoms with van der Waals surface area (Å²) in [6.07, 6.45) is 5.35. The zero-order chi connectivity index (χ0) is 21.3. The van der Waals surface area contributed by atoms with Gasteiger partial charge in [-0.25, -0.2) is 9.36 Å². The van der Waals surface area contributed by atoms with Crippen LogP contribution in [-0.4, -0.2) is 36.3 Å². The number of aryl methyl sites for hydroxylation is 4. The maximum atomic E-state index is 12.8. The molecule has 156 valence electrons. The van der Waals surface area contributed by atoms with Crippen LogP contribution in [0.15, 0.2) is 52.2 Å². The Hall–Kier alpha value is -3.75. The SMILES string of the molecule is COc1ccc(CCn2cc(O)n(-c3cnn(Cc4c(C)noc4C)c3)c2=O)cc1. The van der Waals surface area contributed by atoms with Crippen LogP contribution in [0.4, 0.5) is 0 Å². The molecule has 0 radical (unpaired) electrons. The number of aromatic nitrogens is 5. The number of nitrogens with zero attached hydrogens (tertiary/aromatic N) is 5. The summed E-state index contributed by atoms with van der Waals surface area (Å²) in [6.45, 7) is 4.63. The second-order valence-electron chi connectivity index (χ2n) is 7.10. The van der Waals surface area contributed by atoms with Gasteiger partial charge in [-0.1, -0.05) is 17.3 Å². The van der Waals surface area contributed by atoms with E-state index in [0.29, 0.717) is 25.2 Å². The van der Waals surface area contributed by atoms with Crippen molar-refractivity contribution in [3.8, 4) is 17.3 Å². The zero-order valence-electron chi connectivity index (χ0n) is 17.1. The van der Waals surface area contributed by atoms with Crippen LogP contribution in [0.25, 0.3) is 5.69 Å². The summed E-state index contributed by atoms with van der Waals surface area (Å²) < 4.78 is 14.8. The third-order valence-electron chi connectivity index (χ3n) is 5.12. The summed E-state index contributed by atoms with van der Waals surface area (Å²) >= 11 is 0. The van der Waals surface area contributed by atoms with Crippen LogP contribution < -0.4 is 10.4 Å². The molecule has 1 N–H and O–H groups in total. The minimum absolute atomic E-state index is 0.133. The number of methoxy groups -OCH3 is 1. The molecule has 0 bridgehead atoms. The highest BCUT2D eigenvalue weighted by molar-refractivity contribution is 5.32. The number of rotatable bonds is 7. The topological polar surface area (TPSA) is 100 Å². The molecule has 0 unspecified atom stereocenters. The Labute approximate surface area is 172 Å². The van der Waals surface area contributed by atoms with Gasteiger partial charge in [0.25, 0.3) is 0 Å². The molecular formula is C21H23N5O4. The fourth-order valence-electron chi connectivity index (χ4n) is 3.37. The van der Waals surface area contributed by atoms with E-state index >= 15 is 0 Å². The van der Waals surface area contributed by atoms with Crippen molar-refractivity contribution in [2.75, 3.05) is 7.11 Å². The van der Waals surface area contributed by atoms with Gasteiger partial charge in [0.15, 0.2) is 0 Å². The number of ether oxygens (including phenoxy) is 1. The van der Waals surface area contributed by atoms with E-state index in [9.17, 15) is 9.90 Å². The quantitative estimate of drug-likeness (QED) is 0.503. The third kappa shape index (κ3) is 3.73. The molecule has 3 heterocycles. The van der Waals surface area contributed by atoms with Crippen molar-refractivity contribution >= 4 is 0 Å². The summed E-state index contributed by atoms with van der Waals surface area (Å²) in [7, 11) is 1.62. The van der Waals surface area contributed by atoms with Crippen molar-refractivity contribution in [3.05, 3.63) is 75.9 Å². The normalized spacial score (nSPS) is 11.2. The largest absolute Gasteiger partial charge is 0.497 e. The molecule has 9 heteroatoms. The summed E-state index contributed by atoms with van der Waals surface area (Å²) in [4.78, 5) is 12.8. The first kappa shape index (κ1) is 19.6. The van der Waals surface area contributed by atoms with Gasteiger partial charge in [-0.15, -0.1) is 0 Å². The van der Waals surface area contributed by atoms with Gasteiger partial charge in [0.2, 0.25) is 5.88 Å². The molecule has 3 aromatic heterocycles. The van der Waals surface area contributed by atoms with Crippen LogP contribution in [0.5, 0.6) is 11.6 Å². The lowest BCUT2D eigenvalue weighted by Crippen LogP contribution is -2.23. The predicted octanol–water partition coefficient (Wildman–Crippen LogP) is 2.45. The van der Waals surface area contributed by atoms with Crippen LogP contribution in [-0.2, 0) is 19.5 Å². The molecule has 0 fully saturated rings.